The summed E-state index contributed by atoms with van der Waals surface area (Å²) < 4.78 is 15.5. The molecule has 3 N–H and O–H groups in total. The van der Waals surface area contributed by atoms with E-state index in [4.69, 9.17) is 11.6 Å². The van der Waals surface area contributed by atoms with Crippen LogP contribution in [0.5, 0.6) is 0 Å². The molecule has 7 heteroatoms. The Morgan fingerprint density at radius 3 is 2.27 bits per heavy atom. The van der Waals surface area contributed by atoms with Gasteiger partial charge in [0.25, 0.3) is 0 Å². The van der Waals surface area contributed by atoms with Crippen LogP contribution in [0.1, 0.15) is 69.8 Å². The van der Waals surface area contributed by atoms with E-state index in [0.29, 0.717) is 0 Å². The molecule has 1 aliphatic heterocycles. The van der Waals surface area contributed by atoms with Crippen molar-refractivity contribution in [2.45, 2.75) is 59.5 Å². The first-order chi connectivity index (χ1) is 15.3. The minimum absolute atomic E-state index is 0.0103. The third-order valence-electron chi connectivity index (χ3n) is 5.56. The number of benzene rings is 2. The third kappa shape index (κ3) is 5.74. The maximum absolute atomic E-state index is 15.5. The van der Waals surface area contributed by atoms with Crippen molar-refractivity contribution >= 4 is 29.2 Å². The number of urea groups is 1. The Hall–Kier alpha value is -2.86. The molecule has 0 radical (unpaired) electrons. The molecular formula is C26H31ClFN3O2. The van der Waals surface area contributed by atoms with Gasteiger partial charge in [-0.1, -0.05) is 83.5 Å². The van der Waals surface area contributed by atoms with Crippen molar-refractivity contribution in [1.29, 1.82) is 0 Å². The van der Waals surface area contributed by atoms with Gasteiger partial charge in [-0.25, -0.2) is 9.18 Å². The highest BCUT2D eigenvalue weighted by atomic mass is 35.5. The zero-order valence-electron chi connectivity index (χ0n) is 19.9. The fourth-order valence-electron chi connectivity index (χ4n) is 3.49. The van der Waals surface area contributed by atoms with Gasteiger partial charge in [-0.2, -0.15) is 0 Å². The molecule has 0 fully saturated rings. The molecule has 5 nitrogen and oxygen atoms in total. The summed E-state index contributed by atoms with van der Waals surface area (Å²) in [6.45, 7) is 11.8. The van der Waals surface area contributed by atoms with Crippen LogP contribution in [0.2, 0.25) is 5.02 Å². The monoisotopic (exact) mass is 471 g/mol. The molecule has 0 saturated heterocycles. The molecule has 0 spiro atoms. The molecule has 33 heavy (non-hydrogen) atoms. The second-order valence-corrected chi connectivity index (χ2v) is 10.8. The lowest BCUT2D eigenvalue weighted by atomic mass is 9.86. The van der Waals surface area contributed by atoms with Crippen LogP contribution in [0.15, 0.2) is 42.5 Å². The largest absolute Gasteiger partial charge is 0.351 e. The lowest BCUT2D eigenvalue weighted by Crippen LogP contribution is -2.41. The van der Waals surface area contributed by atoms with Crippen molar-refractivity contribution in [3.63, 3.8) is 0 Å². The number of carbonyl (C=O) groups excluding carboxylic acids is 2. The van der Waals surface area contributed by atoms with Crippen molar-refractivity contribution < 1.29 is 14.0 Å². The maximum Gasteiger partial charge on any atom is 0.319 e. The van der Waals surface area contributed by atoms with E-state index in [9.17, 15) is 9.59 Å². The van der Waals surface area contributed by atoms with E-state index < -0.39 is 23.3 Å². The molecule has 3 rings (SSSR count). The number of rotatable bonds is 4. The molecule has 1 heterocycles. The number of halogens is 2. The lowest BCUT2D eigenvalue weighted by Gasteiger charge is -2.26. The van der Waals surface area contributed by atoms with Gasteiger partial charge in [-0.3, -0.25) is 4.79 Å². The van der Waals surface area contributed by atoms with Crippen molar-refractivity contribution in [3.05, 3.63) is 75.6 Å². The average molecular weight is 472 g/mol. The minimum atomic E-state index is -0.590. The maximum atomic E-state index is 15.5. The SMILES string of the molecule is CC(C)(C)C(=O)NCc1ccc(Cl)c(C2=CC(c3ccc(C(C)(C)C)cc3)NC(=O)N2)c1F. The highest BCUT2D eigenvalue weighted by Crippen LogP contribution is 2.32. The van der Waals surface area contributed by atoms with Crippen LogP contribution in [0.4, 0.5) is 9.18 Å². The molecule has 2 aromatic carbocycles. The Labute approximate surface area is 199 Å². The van der Waals surface area contributed by atoms with Gasteiger partial charge in [0.05, 0.1) is 22.3 Å². The normalized spacial score (nSPS) is 16.5. The van der Waals surface area contributed by atoms with Crippen LogP contribution in [0, 0.1) is 11.2 Å². The van der Waals surface area contributed by atoms with Gasteiger partial charge >= 0.3 is 6.03 Å². The Kier molecular flexibility index (Phi) is 6.89. The predicted octanol–water partition coefficient (Wildman–Crippen LogP) is 5.83. The first kappa shape index (κ1) is 24.8. The molecule has 1 aliphatic rings. The van der Waals surface area contributed by atoms with E-state index >= 15 is 4.39 Å². The van der Waals surface area contributed by atoms with Gasteiger partial charge in [0.15, 0.2) is 0 Å². The lowest BCUT2D eigenvalue weighted by molar-refractivity contribution is -0.128. The summed E-state index contributed by atoms with van der Waals surface area (Å²) >= 11 is 6.34. The summed E-state index contributed by atoms with van der Waals surface area (Å²) in [6.07, 6.45) is 1.75. The van der Waals surface area contributed by atoms with Crippen molar-refractivity contribution in [2.24, 2.45) is 5.41 Å². The van der Waals surface area contributed by atoms with E-state index in [1.165, 1.54) is 11.6 Å². The summed E-state index contributed by atoms with van der Waals surface area (Å²) in [5.74, 6) is -0.765. The van der Waals surface area contributed by atoms with Crippen molar-refractivity contribution in [2.75, 3.05) is 0 Å². The molecular weight excluding hydrogens is 441 g/mol. The Morgan fingerprint density at radius 1 is 1.06 bits per heavy atom. The van der Waals surface area contributed by atoms with Crippen LogP contribution < -0.4 is 16.0 Å². The minimum Gasteiger partial charge on any atom is -0.351 e. The Balaban J connectivity index is 1.93. The molecule has 0 aliphatic carbocycles. The zero-order valence-corrected chi connectivity index (χ0v) is 20.7. The quantitative estimate of drug-likeness (QED) is 0.524. The van der Waals surface area contributed by atoms with E-state index in [0.717, 1.165) is 5.56 Å². The first-order valence-electron chi connectivity index (χ1n) is 10.9. The predicted molar refractivity (Wildman–Crippen MR) is 130 cm³/mol. The van der Waals surface area contributed by atoms with Gasteiger partial charge in [-0.05, 0) is 28.7 Å². The zero-order chi connectivity index (χ0) is 24.6. The van der Waals surface area contributed by atoms with E-state index in [1.54, 1.807) is 32.9 Å². The average Bonchev–Trinajstić information content (AvgIpc) is 2.71. The van der Waals surface area contributed by atoms with Crippen LogP contribution >= 0.6 is 11.6 Å². The molecule has 2 aromatic rings. The first-order valence-corrected chi connectivity index (χ1v) is 11.3. The van der Waals surface area contributed by atoms with Gasteiger partial charge in [0.2, 0.25) is 5.91 Å². The standard InChI is InChI=1S/C26H31ClFN3O2/c1-25(2,3)17-10-7-15(8-11-17)19-13-20(31-24(33)30-19)21-18(27)12-9-16(22(21)28)14-29-23(32)26(4,5)6/h7-13,19H,14H2,1-6H3,(H,29,32)(H2,30,31,33). The molecule has 176 valence electrons. The number of amides is 3. The van der Waals surface area contributed by atoms with Gasteiger partial charge in [0, 0.05) is 17.5 Å². The van der Waals surface area contributed by atoms with Gasteiger partial charge < -0.3 is 16.0 Å². The second kappa shape index (κ2) is 9.18. The summed E-state index contributed by atoms with van der Waals surface area (Å²) in [5.41, 5.74) is 2.14. The molecule has 0 saturated carbocycles. The molecule has 3 amide bonds. The summed E-state index contributed by atoms with van der Waals surface area (Å²) in [7, 11) is 0. The topological polar surface area (TPSA) is 70.2 Å². The molecule has 1 unspecified atom stereocenters. The second-order valence-electron chi connectivity index (χ2n) is 10.4. The van der Waals surface area contributed by atoms with Crippen molar-refractivity contribution in [3.8, 4) is 0 Å². The van der Waals surface area contributed by atoms with Crippen LogP contribution in [0.3, 0.4) is 0 Å². The summed E-state index contributed by atoms with van der Waals surface area (Å²) in [5, 5.41) is 8.44. The molecule has 0 bridgehead atoms. The van der Waals surface area contributed by atoms with Crippen LogP contribution in [-0.2, 0) is 16.8 Å². The highest BCUT2D eigenvalue weighted by Gasteiger charge is 2.26. The highest BCUT2D eigenvalue weighted by molar-refractivity contribution is 6.32. The number of hydrogen-bond donors (Lipinski definition) is 3. The number of carbonyl (C=O) groups is 2. The van der Waals surface area contributed by atoms with Crippen LogP contribution in [-0.4, -0.2) is 11.9 Å². The molecule has 0 aromatic heterocycles. The number of nitrogens with one attached hydrogen (secondary N) is 3. The molecule has 1 atom stereocenters. The van der Waals surface area contributed by atoms with Gasteiger partial charge in [-0.15, -0.1) is 0 Å². The Morgan fingerprint density at radius 2 is 1.70 bits per heavy atom. The summed E-state index contributed by atoms with van der Waals surface area (Å²) in [6, 6.07) is 10.2. The van der Waals surface area contributed by atoms with Crippen LogP contribution in [0.25, 0.3) is 5.70 Å². The van der Waals surface area contributed by atoms with E-state index in [1.807, 2.05) is 24.3 Å². The summed E-state index contributed by atoms with van der Waals surface area (Å²) in [4.78, 5) is 24.6. The van der Waals surface area contributed by atoms with Gasteiger partial charge in [0.1, 0.15) is 5.82 Å². The Bertz CT molecular complexity index is 1100. The van der Waals surface area contributed by atoms with E-state index in [-0.39, 0.29) is 39.7 Å². The fraction of sp³-hybridized carbons (Fsp3) is 0.385. The van der Waals surface area contributed by atoms with Crippen molar-refractivity contribution in [1.82, 2.24) is 16.0 Å². The fourth-order valence-corrected chi connectivity index (χ4v) is 3.73. The third-order valence-corrected chi connectivity index (χ3v) is 5.88. The van der Waals surface area contributed by atoms with E-state index in [2.05, 4.69) is 36.7 Å². The number of hydrogen-bond acceptors (Lipinski definition) is 2. The smallest absolute Gasteiger partial charge is 0.319 e.